The summed E-state index contributed by atoms with van der Waals surface area (Å²) in [6, 6.07) is 14.7. The average Bonchev–Trinajstić information content (AvgIpc) is 3.52. The van der Waals surface area contributed by atoms with E-state index in [2.05, 4.69) is 83.7 Å². The number of fused-ring (bicyclic) bond motifs is 4. The summed E-state index contributed by atoms with van der Waals surface area (Å²) in [7, 11) is -1.55. The summed E-state index contributed by atoms with van der Waals surface area (Å²) in [4.78, 5) is 22.7. The molecule has 2 aromatic carbocycles. The van der Waals surface area contributed by atoms with Crippen molar-refractivity contribution in [2.45, 2.75) is 107 Å². The van der Waals surface area contributed by atoms with Gasteiger partial charge in [-0.25, -0.2) is 4.98 Å². The molecule has 0 saturated heterocycles. The first-order valence-electron chi connectivity index (χ1n) is 17.2. The molecule has 0 aliphatic carbocycles. The number of benzene rings is 2. The van der Waals surface area contributed by atoms with Crippen LogP contribution < -0.4 is 5.19 Å². The zero-order valence-electron chi connectivity index (χ0n) is 30.6. The van der Waals surface area contributed by atoms with Crippen LogP contribution in [0.2, 0.25) is 19.6 Å². The Morgan fingerprint density at radius 3 is 2.15 bits per heavy atom. The van der Waals surface area contributed by atoms with Crippen LogP contribution in [0.15, 0.2) is 48.5 Å². The Morgan fingerprint density at radius 2 is 1.56 bits per heavy atom. The van der Waals surface area contributed by atoms with Gasteiger partial charge in [0.25, 0.3) is 0 Å². The number of aromatic nitrogens is 2. The summed E-state index contributed by atoms with van der Waals surface area (Å²) in [5.41, 5.74) is 4.90. The van der Waals surface area contributed by atoms with E-state index in [4.69, 9.17) is 9.97 Å². The van der Waals surface area contributed by atoms with Gasteiger partial charge in [0.2, 0.25) is 0 Å². The SMILES string of the molecule is CCC(CC)C(=O)/C=C(\O)C(CC)CC.Cc1c(CC(C)(C)C)sc2c1sc1c(-c3[c-]c4ccccc4c([Si](C)(C)C)c3)ncnc12.[Ir]. The molecule has 261 valence electrons. The van der Waals surface area contributed by atoms with E-state index in [1.165, 1.54) is 46.6 Å². The van der Waals surface area contributed by atoms with Crippen molar-refractivity contribution in [2.75, 3.05) is 0 Å². The van der Waals surface area contributed by atoms with Crippen LogP contribution in [0, 0.1) is 30.2 Å². The number of hydrogen-bond donors (Lipinski definition) is 1. The number of hydrogen-bond acceptors (Lipinski definition) is 6. The molecule has 1 radical (unpaired) electrons. The molecule has 48 heavy (non-hydrogen) atoms. The third-order valence-corrected chi connectivity index (χ3v) is 13.8. The Hall–Kier alpha value is -2.22. The monoisotopic (exact) mass is 878 g/mol. The Labute approximate surface area is 310 Å². The summed E-state index contributed by atoms with van der Waals surface area (Å²) in [5.74, 6) is 0.547. The van der Waals surface area contributed by atoms with Gasteiger partial charge in [0.1, 0.15) is 6.33 Å². The van der Waals surface area contributed by atoms with E-state index in [9.17, 15) is 9.90 Å². The minimum atomic E-state index is -1.55. The number of nitrogens with zero attached hydrogens (tertiary/aromatic N) is 2. The molecule has 0 bridgehead atoms. The van der Waals surface area contributed by atoms with Crippen molar-refractivity contribution >= 4 is 72.1 Å². The molecule has 8 heteroatoms. The number of carbonyl (C=O) groups excluding carboxylic acids is 1. The fourth-order valence-corrected chi connectivity index (χ4v) is 10.8. The number of aliphatic hydroxyl groups excluding tert-OH is 1. The Kier molecular flexibility index (Phi) is 14.0. The maximum Gasteiger partial charge on any atom is 0.162 e. The maximum atomic E-state index is 11.7. The zero-order valence-corrected chi connectivity index (χ0v) is 35.7. The van der Waals surface area contributed by atoms with Gasteiger partial charge < -0.3 is 5.11 Å². The van der Waals surface area contributed by atoms with Crippen molar-refractivity contribution in [1.82, 2.24) is 9.97 Å². The normalized spacial score (nSPS) is 12.6. The van der Waals surface area contributed by atoms with Crippen LogP contribution in [0.4, 0.5) is 0 Å². The molecule has 5 rings (SSSR count). The first-order chi connectivity index (χ1) is 22.1. The van der Waals surface area contributed by atoms with E-state index < -0.39 is 8.07 Å². The van der Waals surface area contributed by atoms with Crippen molar-refractivity contribution in [3.8, 4) is 11.3 Å². The molecule has 4 nitrogen and oxygen atoms in total. The Morgan fingerprint density at radius 1 is 0.938 bits per heavy atom. The van der Waals surface area contributed by atoms with E-state index >= 15 is 0 Å². The van der Waals surface area contributed by atoms with Gasteiger partial charge in [-0.2, -0.15) is 0 Å². The van der Waals surface area contributed by atoms with E-state index in [-0.39, 0.29) is 48.9 Å². The number of allylic oxidation sites excluding steroid dienone is 2. The first-order valence-corrected chi connectivity index (χ1v) is 22.3. The van der Waals surface area contributed by atoms with Crippen molar-refractivity contribution in [1.29, 1.82) is 0 Å². The molecule has 0 aliphatic rings. The van der Waals surface area contributed by atoms with Crippen molar-refractivity contribution in [3.63, 3.8) is 0 Å². The second kappa shape index (κ2) is 16.7. The first kappa shape index (κ1) is 40.2. The van der Waals surface area contributed by atoms with Gasteiger partial charge in [0.05, 0.1) is 28.7 Å². The molecule has 3 heterocycles. The van der Waals surface area contributed by atoms with Crippen LogP contribution in [0.5, 0.6) is 0 Å². The quantitative estimate of drug-likeness (QED) is 0.0657. The Balaban J connectivity index is 0.000000334. The second-order valence-electron chi connectivity index (χ2n) is 14.9. The largest absolute Gasteiger partial charge is 0.512 e. The molecule has 0 saturated carbocycles. The molecule has 0 atom stereocenters. The summed E-state index contributed by atoms with van der Waals surface area (Å²) >= 11 is 3.77. The second-order valence-corrected chi connectivity index (χ2v) is 22.1. The number of aryl methyl sites for hydroxylation is 1. The summed E-state index contributed by atoms with van der Waals surface area (Å²) in [6.07, 6.45) is 7.74. The molecule has 0 aliphatic heterocycles. The minimum Gasteiger partial charge on any atom is -0.512 e. The number of thiophene rings is 2. The van der Waals surface area contributed by atoms with Crippen LogP contribution in [-0.2, 0) is 31.3 Å². The molecule has 0 fully saturated rings. The third-order valence-electron chi connectivity index (χ3n) is 9.02. The van der Waals surface area contributed by atoms with Gasteiger partial charge in [0, 0.05) is 53.3 Å². The van der Waals surface area contributed by atoms with E-state index in [1.807, 2.05) is 50.4 Å². The van der Waals surface area contributed by atoms with Gasteiger partial charge in [-0.05, 0) is 50.0 Å². The fraction of sp³-hybridized carbons (Fsp3) is 0.475. The van der Waals surface area contributed by atoms with Gasteiger partial charge >= 0.3 is 0 Å². The van der Waals surface area contributed by atoms with Crippen LogP contribution in [0.1, 0.15) is 84.6 Å². The van der Waals surface area contributed by atoms with Gasteiger partial charge in [-0.15, -0.1) is 51.4 Å². The number of rotatable bonds is 10. The van der Waals surface area contributed by atoms with Gasteiger partial charge in [0.15, 0.2) is 5.78 Å². The van der Waals surface area contributed by atoms with Crippen molar-refractivity contribution in [3.05, 3.63) is 65.0 Å². The molecular weight excluding hydrogens is 825 g/mol. The topological polar surface area (TPSA) is 63.1 Å². The van der Waals surface area contributed by atoms with E-state index in [0.29, 0.717) is 0 Å². The Bertz CT molecular complexity index is 1890. The molecule has 0 unspecified atom stereocenters. The smallest absolute Gasteiger partial charge is 0.162 e. The minimum absolute atomic E-state index is 0. The molecule has 1 N–H and O–H groups in total. The summed E-state index contributed by atoms with van der Waals surface area (Å²) in [6.45, 7) is 24.5. The fourth-order valence-electron chi connectivity index (χ4n) is 6.16. The molecular formula is C40H53IrN2O2S2Si-. The summed E-state index contributed by atoms with van der Waals surface area (Å²) < 4.78 is 3.88. The third kappa shape index (κ3) is 9.11. The van der Waals surface area contributed by atoms with Crippen LogP contribution in [0.3, 0.4) is 0 Å². The molecule has 5 aromatic rings. The van der Waals surface area contributed by atoms with E-state index in [1.54, 1.807) is 6.33 Å². The van der Waals surface area contributed by atoms with Crippen molar-refractivity contribution in [2.24, 2.45) is 17.3 Å². The van der Waals surface area contributed by atoms with Crippen LogP contribution in [-0.4, -0.2) is 28.9 Å². The average molecular weight is 878 g/mol. The predicted molar refractivity (Wildman–Crippen MR) is 209 cm³/mol. The van der Waals surface area contributed by atoms with Crippen molar-refractivity contribution < 1.29 is 30.0 Å². The maximum absolute atomic E-state index is 11.7. The predicted octanol–water partition coefficient (Wildman–Crippen LogP) is 11.8. The number of ketones is 1. The zero-order chi connectivity index (χ0) is 34.7. The number of carbonyl (C=O) groups is 1. The van der Waals surface area contributed by atoms with Crippen LogP contribution in [0.25, 0.3) is 41.6 Å². The van der Waals surface area contributed by atoms with E-state index in [0.717, 1.165) is 48.9 Å². The van der Waals surface area contributed by atoms with Crippen LogP contribution >= 0.6 is 22.7 Å². The molecule has 3 aromatic heterocycles. The molecule has 0 amide bonds. The van der Waals surface area contributed by atoms with Gasteiger partial charge in [-0.3, -0.25) is 9.78 Å². The standard InChI is InChI=1S/C27H29N2S2Si.C13H24O2.Ir/c1-16-20(14-27(2,3)4)30-26-23-25(31-24(16)26)22(28-15-29-23)18-12-17-10-8-9-11-19(17)21(13-18)32(5,6)7;1-5-10(6-2)12(14)9-13(15)11(7-3)8-4;/h8-11,13,15H,14H2,1-7H3;9-11,14H,5-8H2,1-4H3;/q-1;;/b;12-9-;. The summed E-state index contributed by atoms with van der Waals surface area (Å²) in [5, 5.41) is 13.7. The van der Waals surface area contributed by atoms with Gasteiger partial charge in [-0.1, -0.05) is 97.3 Å². The number of aliphatic hydroxyl groups is 1. The molecule has 0 spiro atoms.